The lowest BCUT2D eigenvalue weighted by Gasteiger charge is -2.38. The predicted molar refractivity (Wildman–Crippen MR) is 89.2 cm³/mol. The number of benzene rings is 1. The van der Waals surface area contributed by atoms with Crippen LogP contribution in [-0.4, -0.2) is 42.1 Å². The van der Waals surface area contributed by atoms with Gasteiger partial charge in [0.15, 0.2) is 0 Å². The molecule has 23 heavy (non-hydrogen) atoms. The number of aliphatic carboxylic acids is 1. The Morgan fingerprint density at radius 3 is 2.78 bits per heavy atom. The topological polar surface area (TPSA) is 92.9 Å². The Kier molecular flexibility index (Phi) is 5.31. The molecule has 2 atom stereocenters. The van der Waals surface area contributed by atoms with Crippen molar-refractivity contribution in [1.82, 2.24) is 4.90 Å². The van der Waals surface area contributed by atoms with Crippen molar-refractivity contribution in [1.29, 1.82) is 0 Å². The highest BCUT2D eigenvalue weighted by atomic mass is 79.9. The minimum atomic E-state index is -0.922. The van der Waals surface area contributed by atoms with Crippen molar-refractivity contribution in [3.8, 4) is 5.75 Å². The summed E-state index contributed by atoms with van der Waals surface area (Å²) in [4.78, 5) is 25.7. The van der Waals surface area contributed by atoms with Crippen molar-refractivity contribution >= 4 is 27.8 Å². The van der Waals surface area contributed by atoms with Crippen LogP contribution in [0.2, 0.25) is 0 Å². The van der Waals surface area contributed by atoms with Gasteiger partial charge in [0, 0.05) is 23.1 Å². The summed E-state index contributed by atoms with van der Waals surface area (Å²) < 4.78 is 6.07. The first-order valence-corrected chi connectivity index (χ1v) is 8.19. The van der Waals surface area contributed by atoms with Gasteiger partial charge in [-0.25, -0.2) is 0 Å². The third kappa shape index (κ3) is 3.67. The summed E-state index contributed by atoms with van der Waals surface area (Å²) in [5.74, 6) is -0.635. The molecule has 1 saturated heterocycles. The molecule has 0 radical (unpaired) electrons. The Morgan fingerprint density at radius 2 is 2.17 bits per heavy atom. The van der Waals surface area contributed by atoms with Crippen molar-refractivity contribution < 1.29 is 19.4 Å². The van der Waals surface area contributed by atoms with Crippen LogP contribution in [-0.2, 0) is 9.59 Å². The smallest absolute Gasteiger partial charge is 0.311 e. The summed E-state index contributed by atoms with van der Waals surface area (Å²) in [6.45, 7) is 2.36. The molecule has 0 spiro atoms. The lowest BCUT2D eigenvalue weighted by molar-refractivity contribution is -0.153. The quantitative estimate of drug-likeness (QED) is 0.829. The van der Waals surface area contributed by atoms with E-state index in [1.54, 1.807) is 24.0 Å². The number of carboxylic acid groups (broad SMARTS) is 1. The molecule has 1 aliphatic rings. The molecule has 2 unspecified atom stereocenters. The highest BCUT2D eigenvalue weighted by Crippen LogP contribution is 2.33. The first-order chi connectivity index (χ1) is 10.8. The lowest BCUT2D eigenvalue weighted by atomic mass is 9.81. The molecule has 7 heteroatoms. The first kappa shape index (κ1) is 17.7. The number of methoxy groups -OCH3 is 1. The standard InChI is InChI=1S/C16H21BrN2O4/c1-16(15(21)22)6-3-7-19(9-16)14(20)13(18)11-8-10(17)4-5-12(11)23-2/h4-5,8,13H,3,6-7,9,18H2,1-2H3,(H,21,22). The van der Waals surface area contributed by atoms with Gasteiger partial charge < -0.3 is 20.5 Å². The van der Waals surface area contributed by atoms with Crippen molar-refractivity contribution in [2.45, 2.75) is 25.8 Å². The second kappa shape index (κ2) is 6.88. The largest absolute Gasteiger partial charge is 0.496 e. The number of ether oxygens (including phenoxy) is 1. The number of carbonyl (C=O) groups is 2. The predicted octanol–water partition coefficient (Wildman–Crippen LogP) is 2.17. The normalized spacial score (nSPS) is 22.5. The second-order valence-corrected chi connectivity index (χ2v) is 7.01. The molecule has 6 nitrogen and oxygen atoms in total. The summed E-state index contributed by atoms with van der Waals surface area (Å²) in [6.07, 6.45) is 1.21. The van der Waals surface area contributed by atoms with Gasteiger partial charge >= 0.3 is 5.97 Å². The third-order valence-corrected chi connectivity index (χ3v) is 4.81. The van der Waals surface area contributed by atoms with E-state index in [9.17, 15) is 14.7 Å². The van der Waals surface area contributed by atoms with Gasteiger partial charge in [0.2, 0.25) is 5.91 Å². The molecule has 2 rings (SSSR count). The molecule has 126 valence electrons. The van der Waals surface area contributed by atoms with Crippen LogP contribution in [0.4, 0.5) is 0 Å². The van der Waals surface area contributed by atoms with Crippen LogP contribution in [0, 0.1) is 5.41 Å². The summed E-state index contributed by atoms with van der Waals surface area (Å²) in [5, 5.41) is 9.38. The monoisotopic (exact) mass is 384 g/mol. The molecule has 1 aromatic rings. The molecular formula is C16H21BrN2O4. The molecule has 0 aliphatic carbocycles. The molecule has 1 amide bonds. The van der Waals surface area contributed by atoms with Crippen molar-refractivity contribution in [3.63, 3.8) is 0 Å². The Morgan fingerprint density at radius 1 is 1.48 bits per heavy atom. The van der Waals surface area contributed by atoms with Crippen LogP contribution < -0.4 is 10.5 Å². The average Bonchev–Trinajstić information content (AvgIpc) is 2.53. The molecule has 0 saturated carbocycles. The molecule has 3 N–H and O–H groups in total. The van der Waals surface area contributed by atoms with E-state index in [0.29, 0.717) is 30.7 Å². The number of hydrogen-bond acceptors (Lipinski definition) is 4. The molecule has 1 aromatic carbocycles. The molecule has 1 heterocycles. The molecule has 1 aliphatic heterocycles. The number of amides is 1. The van der Waals surface area contributed by atoms with Gasteiger partial charge in [0.1, 0.15) is 11.8 Å². The molecule has 1 fully saturated rings. The maximum absolute atomic E-state index is 12.7. The zero-order valence-electron chi connectivity index (χ0n) is 13.2. The number of carbonyl (C=O) groups excluding carboxylic acids is 1. The fourth-order valence-electron chi connectivity index (χ4n) is 2.88. The molecular weight excluding hydrogens is 364 g/mol. The van der Waals surface area contributed by atoms with E-state index in [0.717, 1.165) is 4.47 Å². The Hall–Kier alpha value is -1.60. The van der Waals surface area contributed by atoms with Gasteiger partial charge in [-0.1, -0.05) is 15.9 Å². The van der Waals surface area contributed by atoms with Gasteiger partial charge in [-0.15, -0.1) is 0 Å². The maximum Gasteiger partial charge on any atom is 0.311 e. The van der Waals surface area contributed by atoms with Gasteiger partial charge in [-0.05, 0) is 38.0 Å². The van der Waals surface area contributed by atoms with E-state index in [2.05, 4.69) is 15.9 Å². The number of halogens is 1. The van der Waals surface area contributed by atoms with Gasteiger partial charge in [0.05, 0.1) is 12.5 Å². The average molecular weight is 385 g/mol. The van der Waals surface area contributed by atoms with Gasteiger partial charge in [-0.2, -0.15) is 0 Å². The van der Waals surface area contributed by atoms with Gasteiger partial charge in [0.25, 0.3) is 0 Å². The van der Waals surface area contributed by atoms with E-state index in [-0.39, 0.29) is 12.5 Å². The highest BCUT2D eigenvalue weighted by molar-refractivity contribution is 9.10. The van der Waals surface area contributed by atoms with Crippen molar-refractivity contribution in [2.75, 3.05) is 20.2 Å². The number of nitrogens with zero attached hydrogens (tertiary/aromatic N) is 1. The number of hydrogen-bond donors (Lipinski definition) is 2. The van der Waals surface area contributed by atoms with Crippen molar-refractivity contribution in [2.24, 2.45) is 11.1 Å². The minimum Gasteiger partial charge on any atom is -0.496 e. The van der Waals surface area contributed by atoms with Crippen LogP contribution in [0.1, 0.15) is 31.4 Å². The Labute approximate surface area is 143 Å². The summed E-state index contributed by atoms with van der Waals surface area (Å²) in [6, 6.07) is 4.41. The lowest BCUT2D eigenvalue weighted by Crippen LogP contribution is -2.50. The Bertz CT molecular complexity index is 622. The number of carboxylic acids is 1. The van der Waals surface area contributed by atoms with Crippen LogP contribution in [0.3, 0.4) is 0 Å². The SMILES string of the molecule is COc1ccc(Br)cc1C(N)C(=O)N1CCCC(C)(C(=O)O)C1. The van der Waals surface area contributed by atoms with Gasteiger partial charge in [-0.3, -0.25) is 9.59 Å². The zero-order valence-corrected chi connectivity index (χ0v) is 14.8. The summed E-state index contributed by atoms with van der Waals surface area (Å²) in [7, 11) is 1.52. The van der Waals surface area contributed by atoms with E-state index in [4.69, 9.17) is 10.5 Å². The number of piperidine rings is 1. The van der Waals surface area contributed by atoms with Crippen LogP contribution in [0.5, 0.6) is 5.75 Å². The van der Waals surface area contributed by atoms with Crippen LogP contribution >= 0.6 is 15.9 Å². The number of likely N-dealkylation sites (tertiary alicyclic amines) is 1. The Balaban J connectivity index is 2.23. The van der Waals surface area contributed by atoms with E-state index in [1.165, 1.54) is 7.11 Å². The zero-order chi connectivity index (χ0) is 17.2. The number of nitrogens with two attached hydrogens (primary N) is 1. The third-order valence-electron chi connectivity index (χ3n) is 4.32. The summed E-state index contributed by atoms with van der Waals surface area (Å²) >= 11 is 3.36. The van der Waals surface area contributed by atoms with E-state index in [1.807, 2.05) is 6.07 Å². The maximum atomic E-state index is 12.7. The summed E-state index contributed by atoms with van der Waals surface area (Å²) in [5.41, 5.74) is 5.80. The molecule has 0 bridgehead atoms. The van der Waals surface area contributed by atoms with Crippen LogP contribution in [0.25, 0.3) is 0 Å². The fourth-order valence-corrected chi connectivity index (χ4v) is 3.26. The first-order valence-electron chi connectivity index (χ1n) is 7.40. The van der Waals surface area contributed by atoms with E-state index < -0.39 is 17.4 Å². The number of rotatable bonds is 4. The highest BCUT2D eigenvalue weighted by Gasteiger charge is 2.40. The minimum absolute atomic E-state index is 0.172. The van der Waals surface area contributed by atoms with E-state index >= 15 is 0 Å². The second-order valence-electron chi connectivity index (χ2n) is 6.09. The van der Waals surface area contributed by atoms with Crippen LogP contribution in [0.15, 0.2) is 22.7 Å². The molecule has 0 aromatic heterocycles. The fraction of sp³-hybridized carbons (Fsp3) is 0.500. The van der Waals surface area contributed by atoms with Crippen molar-refractivity contribution in [3.05, 3.63) is 28.2 Å².